The van der Waals surface area contributed by atoms with E-state index >= 15 is 0 Å². The molecule has 0 aliphatic carbocycles. The Labute approximate surface area is 199 Å². The number of amides is 1. The number of aromatic amines is 1. The maximum absolute atomic E-state index is 14.7. The van der Waals surface area contributed by atoms with E-state index in [2.05, 4.69) is 32.9 Å². The molecule has 3 aromatic rings. The van der Waals surface area contributed by atoms with Crippen molar-refractivity contribution in [3.05, 3.63) is 71.0 Å². The zero-order valence-electron chi connectivity index (χ0n) is 18.7. The predicted molar refractivity (Wildman–Crippen MR) is 125 cm³/mol. The number of H-pyrrole nitrogens is 1. The number of benzene rings is 2. The molecule has 2 aromatic carbocycles. The average Bonchev–Trinajstić information content (AvgIpc) is 3.33. The minimum Gasteiger partial charge on any atom is -0.334 e. The van der Waals surface area contributed by atoms with Crippen LogP contribution in [-0.4, -0.2) is 38.5 Å². The summed E-state index contributed by atoms with van der Waals surface area (Å²) < 4.78 is 44.2. The Hall–Kier alpha value is -3.14. The molecule has 1 aromatic heterocycles. The van der Waals surface area contributed by atoms with Gasteiger partial charge in [-0.3, -0.25) is 4.79 Å². The number of tetrazole rings is 1. The van der Waals surface area contributed by atoms with Gasteiger partial charge in [-0.1, -0.05) is 55.3 Å². The number of nitrogens with one attached hydrogen (secondary N) is 2. The van der Waals surface area contributed by atoms with Gasteiger partial charge in [-0.25, -0.2) is 0 Å². The van der Waals surface area contributed by atoms with Crippen LogP contribution in [0.4, 0.5) is 13.2 Å². The summed E-state index contributed by atoms with van der Waals surface area (Å²) >= 11 is 1.60. The van der Waals surface area contributed by atoms with Gasteiger partial charge in [-0.05, 0) is 53.1 Å². The fourth-order valence-electron chi connectivity index (χ4n) is 3.98. The fourth-order valence-corrected chi connectivity index (χ4v) is 4.97. The third-order valence-corrected chi connectivity index (χ3v) is 6.96. The van der Waals surface area contributed by atoms with Gasteiger partial charge >= 0.3 is 6.18 Å². The molecule has 178 valence electrons. The average molecular weight is 488 g/mol. The van der Waals surface area contributed by atoms with Crippen molar-refractivity contribution in [1.82, 2.24) is 25.9 Å². The molecule has 0 bridgehead atoms. The highest BCUT2D eigenvalue weighted by Crippen LogP contribution is 2.49. The molecular formula is C24H24F3N5OS. The summed E-state index contributed by atoms with van der Waals surface area (Å²) in [4.78, 5) is 14.1. The number of carbonyl (C=O) groups is 1. The first-order valence-corrected chi connectivity index (χ1v) is 11.9. The van der Waals surface area contributed by atoms with Crippen molar-refractivity contribution in [3.63, 3.8) is 0 Å². The summed E-state index contributed by atoms with van der Waals surface area (Å²) in [5, 5.41) is 15.7. The number of alkyl halides is 3. The quantitative estimate of drug-likeness (QED) is 0.350. The predicted octanol–water partition coefficient (Wildman–Crippen LogP) is 5.29. The van der Waals surface area contributed by atoms with Gasteiger partial charge in [0.25, 0.3) is 5.91 Å². The second kappa shape index (κ2) is 9.61. The lowest BCUT2D eigenvalue weighted by molar-refractivity contribution is -0.201. The number of aryl methyl sites for hydroxylation is 1. The maximum Gasteiger partial charge on any atom is 0.416 e. The number of thioether (sulfide) groups is 1. The highest BCUT2D eigenvalue weighted by molar-refractivity contribution is 7.99. The first-order chi connectivity index (χ1) is 16.2. The van der Waals surface area contributed by atoms with E-state index in [9.17, 15) is 18.0 Å². The molecule has 0 radical (unpaired) electrons. The van der Waals surface area contributed by atoms with Crippen molar-refractivity contribution in [2.24, 2.45) is 0 Å². The van der Waals surface area contributed by atoms with E-state index in [-0.39, 0.29) is 22.5 Å². The lowest BCUT2D eigenvalue weighted by Gasteiger charge is -2.41. The SMILES string of the molecule is CCCCSc1ccc([C@]2(C(F)(F)F)CC(c3ccc(C)cc3)=C(c3nn[nH]n3)C(=O)N2)cc1. The first-order valence-electron chi connectivity index (χ1n) is 10.9. The van der Waals surface area contributed by atoms with Crippen molar-refractivity contribution in [2.75, 3.05) is 5.75 Å². The van der Waals surface area contributed by atoms with Crippen LogP contribution in [0.25, 0.3) is 11.1 Å². The number of carbonyl (C=O) groups excluding carboxylic acids is 1. The normalized spacial score (nSPS) is 18.8. The Morgan fingerprint density at radius 1 is 1.09 bits per heavy atom. The Kier molecular flexibility index (Phi) is 6.79. The van der Waals surface area contributed by atoms with Gasteiger partial charge in [0.15, 0.2) is 5.54 Å². The Morgan fingerprint density at radius 2 is 1.79 bits per heavy atom. The Bertz CT molecular complexity index is 1170. The van der Waals surface area contributed by atoms with E-state index in [1.54, 1.807) is 48.2 Å². The summed E-state index contributed by atoms with van der Waals surface area (Å²) in [5.41, 5.74) is -0.980. The smallest absolute Gasteiger partial charge is 0.334 e. The monoisotopic (exact) mass is 487 g/mol. The van der Waals surface area contributed by atoms with Crippen LogP contribution in [0.3, 0.4) is 0 Å². The third kappa shape index (κ3) is 4.59. The molecule has 1 amide bonds. The van der Waals surface area contributed by atoms with Gasteiger partial charge in [0.2, 0.25) is 5.82 Å². The van der Waals surface area contributed by atoms with Gasteiger partial charge in [-0.15, -0.1) is 22.0 Å². The molecule has 0 unspecified atom stereocenters. The summed E-state index contributed by atoms with van der Waals surface area (Å²) in [6.07, 6.45) is -3.18. The lowest BCUT2D eigenvalue weighted by Crippen LogP contribution is -2.58. The number of halogens is 3. The van der Waals surface area contributed by atoms with Crippen LogP contribution in [0.1, 0.15) is 48.7 Å². The van der Waals surface area contributed by atoms with E-state index < -0.39 is 24.0 Å². The second-order valence-electron chi connectivity index (χ2n) is 8.22. The third-order valence-electron chi connectivity index (χ3n) is 5.86. The molecule has 10 heteroatoms. The van der Waals surface area contributed by atoms with Crippen molar-refractivity contribution in [2.45, 2.75) is 49.7 Å². The second-order valence-corrected chi connectivity index (χ2v) is 9.38. The summed E-state index contributed by atoms with van der Waals surface area (Å²) in [6.45, 7) is 3.97. The van der Waals surface area contributed by atoms with Gasteiger partial charge in [0, 0.05) is 11.3 Å². The molecule has 2 N–H and O–H groups in total. The summed E-state index contributed by atoms with van der Waals surface area (Å²) in [5.74, 6) is -0.0563. The van der Waals surface area contributed by atoms with Crippen molar-refractivity contribution in [3.8, 4) is 0 Å². The summed E-state index contributed by atoms with van der Waals surface area (Å²) in [7, 11) is 0. The van der Waals surface area contributed by atoms with Crippen molar-refractivity contribution in [1.29, 1.82) is 0 Å². The molecule has 1 aliphatic heterocycles. The molecule has 1 aliphatic rings. The lowest BCUT2D eigenvalue weighted by atomic mass is 9.76. The Morgan fingerprint density at radius 3 is 2.38 bits per heavy atom. The van der Waals surface area contributed by atoms with E-state index in [4.69, 9.17) is 0 Å². The molecule has 0 spiro atoms. The zero-order chi connectivity index (χ0) is 24.3. The summed E-state index contributed by atoms with van der Waals surface area (Å²) in [6, 6.07) is 13.3. The molecular weight excluding hydrogens is 463 g/mol. The van der Waals surface area contributed by atoms with Gasteiger partial charge in [0.05, 0.1) is 5.57 Å². The standard InChI is InChI=1S/C24H24F3N5OS/c1-3-4-13-34-18-11-9-17(10-12-18)23(24(25,26)27)14-19(16-7-5-15(2)6-8-16)20(22(33)28-23)21-29-31-32-30-21/h5-12H,3-4,13-14H2,1-2H3,(H,28,33)(H,29,30,31,32)/t23-/m0/s1. The Balaban J connectivity index is 1.82. The fraction of sp³-hybridized carbons (Fsp3) is 0.333. The van der Waals surface area contributed by atoms with Crippen LogP contribution in [-0.2, 0) is 10.3 Å². The van der Waals surface area contributed by atoms with Crippen LogP contribution >= 0.6 is 11.8 Å². The number of hydrogen-bond donors (Lipinski definition) is 2. The van der Waals surface area contributed by atoms with Crippen molar-refractivity contribution < 1.29 is 18.0 Å². The molecule has 4 rings (SSSR count). The molecule has 0 fully saturated rings. The maximum atomic E-state index is 14.7. The van der Waals surface area contributed by atoms with Gasteiger partial charge in [-0.2, -0.15) is 18.4 Å². The number of nitrogens with zero attached hydrogens (tertiary/aromatic N) is 3. The van der Waals surface area contributed by atoms with Gasteiger partial charge in [0.1, 0.15) is 0 Å². The van der Waals surface area contributed by atoms with E-state index in [1.165, 1.54) is 12.1 Å². The highest BCUT2D eigenvalue weighted by atomic mass is 32.2. The molecule has 6 nitrogen and oxygen atoms in total. The van der Waals surface area contributed by atoms with E-state index in [0.717, 1.165) is 29.1 Å². The van der Waals surface area contributed by atoms with Crippen LogP contribution in [0.5, 0.6) is 0 Å². The molecule has 0 saturated heterocycles. The highest BCUT2D eigenvalue weighted by Gasteiger charge is 2.59. The molecule has 34 heavy (non-hydrogen) atoms. The zero-order valence-corrected chi connectivity index (χ0v) is 19.6. The van der Waals surface area contributed by atoms with Crippen molar-refractivity contribution >= 4 is 28.8 Å². The van der Waals surface area contributed by atoms with Crippen LogP contribution in [0.15, 0.2) is 53.4 Å². The largest absolute Gasteiger partial charge is 0.416 e. The van der Waals surface area contributed by atoms with Crippen LogP contribution in [0, 0.1) is 6.92 Å². The topological polar surface area (TPSA) is 83.6 Å². The van der Waals surface area contributed by atoms with Crippen LogP contribution < -0.4 is 5.32 Å². The number of aromatic nitrogens is 4. The molecule has 1 atom stereocenters. The minimum absolute atomic E-state index is 0.0232. The van der Waals surface area contributed by atoms with E-state index in [1.807, 2.05) is 6.92 Å². The first kappa shape index (κ1) is 24.0. The molecule has 0 saturated carbocycles. The van der Waals surface area contributed by atoms with Gasteiger partial charge < -0.3 is 5.32 Å². The number of unbranched alkanes of at least 4 members (excludes halogenated alkanes) is 1. The van der Waals surface area contributed by atoms with E-state index in [0.29, 0.717) is 5.56 Å². The number of hydrogen-bond acceptors (Lipinski definition) is 5. The number of rotatable bonds is 7. The minimum atomic E-state index is -4.75. The van der Waals surface area contributed by atoms with Crippen LogP contribution in [0.2, 0.25) is 0 Å². The molecule has 2 heterocycles.